The molecule has 0 spiro atoms. The summed E-state index contributed by atoms with van der Waals surface area (Å²) in [5.74, 6) is 0.144. The molecular formula is C23H25FN6O3. The van der Waals surface area contributed by atoms with E-state index < -0.39 is 10.7 Å². The second kappa shape index (κ2) is 10.2. The van der Waals surface area contributed by atoms with E-state index in [1.165, 1.54) is 18.2 Å². The Morgan fingerprint density at radius 1 is 1.27 bits per heavy atom. The molecule has 172 valence electrons. The number of aromatic nitrogens is 2. The first-order valence-corrected chi connectivity index (χ1v) is 10.7. The van der Waals surface area contributed by atoms with Crippen molar-refractivity contribution in [3.8, 4) is 0 Å². The number of nitrogens with one attached hydrogen (secondary N) is 2. The fourth-order valence-electron chi connectivity index (χ4n) is 3.90. The van der Waals surface area contributed by atoms with Crippen molar-refractivity contribution < 1.29 is 14.4 Å². The van der Waals surface area contributed by atoms with E-state index in [1.807, 2.05) is 17.0 Å². The van der Waals surface area contributed by atoms with Gasteiger partial charge in [-0.05, 0) is 54.7 Å². The minimum atomic E-state index is -0.534. The zero-order chi connectivity index (χ0) is 23.2. The van der Waals surface area contributed by atoms with Gasteiger partial charge in [0.1, 0.15) is 11.6 Å². The predicted octanol–water partition coefficient (Wildman–Crippen LogP) is 4.09. The molecule has 10 heteroatoms. The number of piperidine rings is 1. The quantitative estimate of drug-likeness (QED) is 0.346. The fourth-order valence-corrected chi connectivity index (χ4v) is 3.90. The maximum atomic E-state index is 14.9. The minimum Gasteiger partial charge on any atom is -0.396 e. The van der Waals surface area contributed by atoms with Gasteiger partial charge in [-0.15, -0.1) is 0 Å². The first-order chi connectivity index (χ1) is 16.0. The van der Waals surface area contributed by atoms with Crippen molar-refractivity contribution in [1.29, 1.82) is 0 Å². The van der Waals surface area contributed by atoms with Crippen molar-refractivity contribution in [2.24, 2.45) is 5.92 Å². The van der Waals surface area contributed by atoms with Gasteiger partial charge >= 0.3 is 5.69 Å². The molecule has 3 aromatic rings. The zero-order valence-electron chi connectivity index (χ0n) is 17.9. The molecule has 0 amide bonds. The molecule has 2 aromatic heterocycles. The highest BCUT2D eigenvalue weighted by molar-refractivity contribution is 5.69. The number of pyridine rings is 2. The van der Waals surface area contributed by atoms with E-state index >= 15 is 0 Å². The maximum Gasteiger partial charge on any atom is 0.311 e. The van der Waals surface area contributed by atoms with Gasteiger partial charge < -0.3 is 20.6 Å². The number of nitro groups is 1. The molecule has 1 aromatic carbocycles. The SMILES string of the molecule is O=[N+]([O-])c1ccc(NCc2cccnc2)nc1Nc1ccc(N2CCCC(CO)C2)c(F)c1. The largest absolute Gasteiger partial charge is 0.396 e. The van der Waals surface area contributed by atoms with Gasteiger partial charge in [0, 0.05) is 50.4 Å². The van der Waals surface area contributed by atoms with E-state index in [9.17, 15) is 19.6 Å². The number of halogens is 1. The summed E-state index contributed by atoms with van der Waals surface area (Å²) in [6, 6.07) is 11.2. The summed E-state index contributed by atoms with van der Waals surface area (Å²) >= 11 is 0. The second-order valence-corrected chi connectivity index (χ2v) is 7.96. The van der Waals surface area contributed by atoms with Crippen LogP contribution >= 0.6 is 0 Å². The van der Waals surface area contributed by atoms with Crippen LogP contribution in [0.4, 0.5) is 33.1 Å². The van der Waals surface area contributed by atoms with E-state index in [1.54, 1.807) is 24.5 Å². The van der Waals surface area contributed by atoms with Crippen molar-refractivity contribution in [3.63, 3.8) is 0 Å². The molecule has 1 aliphatic rings. The lowest BCUT2D eigenvalue weighted by Crippen LogP contribution is -2.37. The van der Waals surface area contributed by atoms with E-state index in [-0.39, 0.29) is 24.0 Å². The number of aliphatic hydroxyl groups is 1. The number of hydrogen-bond donors (Lipinski definition) is 3. The molecule has 3 N–H and O–H groups in total. The van der Waals surface area contributed by atoms with Crippen LogP contribution < -0.4 is 15.5 Å². The van der Waals surface area contributed by atoms with Gasteiger partial charge in [0.15, 0.2) is 0 Å². The summed E-state index contributed by atoms with van der Waals surface area (Å²) < 4.78 is 14.9. The molecule has 1 fully saturated rings. The van der Waals surface area contributed by atoms with E-state index in [4.69, 9.17) is 0 Å². The van der Waals surface area contributed by atoms with Crippen LogP contribution in [0.25, 0.3) is 0 Å². The van der Waals surface area contributed by atoms with Gasteiger partial charge in [-0.1, -0.05) is 6.07 Å². The standard InChI is InChI=1S/C23H25FN6O3/c24-19-11-18(5-6-20(19)29-10-2-4-17(14-29)15-31)27-23-21(30(32)33)7-8-22(28-23)26-13-16-3-1-9-25-12-16/h1,3,5-9,11-12,17,31H,2,4,10,13-15H2,(H2,26,27,28). The summed E-state index contributed by atoms with van der Waals surface area (Å²) in [5, 5.41) is 26.9. The Morgan fingerprint density at radius 2 is 2.15 bits per heavy atom. The van der Waals surface area contributed by atoms with E-state index in [0.717, 1.165) is 24.9 Å². The topological polar surface area (TPSA) is 116 Å². The molecule has 0 aliphatic carbocycles. The summed E-state index contributed by atoms with van der Waals surface area (Å²) in [7, 11) is 0. The molecule has 1 aliphatic heterocycles. The molecular weight excluding hydrogens is 427 g/mol. The molecule has 1 atom stereocenters. The zero-order valence-corrected chi connectivity index (χ0v) is 17.9. The minimum absolute atomic E-state index is 0.0154. The van der Waals surface area contributed by atoms with E-state index in [2.05, 4.69) is 20.6 Å². The summed E-state index contributed by atoms with van der Waals surface area (Å²) in [6.07, 6.45) is 5.21. The third kappa shape index (κ3) is 5.53. The number of hydrogen-bond acceptors (Lipinski definition) is 8. The van der Waals surface area contributed by atoms with Crippen LogP contribution in [0, 0.1) is 21.8 Å². The Bertz CT molecular complexity index is 1110. The fraction of sp³-hybridized carbons (Fsp3) is 0.304. The molecule has 3 heterocycles. The highest BCUT2D eigenvalue weighted by atomic mass is 19.1. The van der Waals surface area contributed by atoms with E-state index in [0.29, 0.717) is 30.3 Å². The van der Waals surface area contributed by atoms with Crippen LogP contribution in [0.2, 0.25) is 0 Å². The van der Waals surface area contributed by atoms with Gasteiger partial charge in [-0.2, -0.15) is 0 Å². The van der Waals surface area contributed by atoms with Crippen molar-refractivity contribution >= 4 is 28.7 Å². The average molecular weight is 452 g/mol. The van der Waals surface area contributed by atoms with Crippen LogP contribution in [0.5, 0.6) is 0 Å². The van der Waals surface area contributed by atoms with Gasteiger partial charge in [0.2, 0.25) is 5.82 Å². The Labute approximate surface area is 190 Å². The van der Waals surface area contributed by atoms with Gasteiger partial charge in [-0.3, -0.25) is 15.1 Å². The van der Waals surface area contributed by atoms with Crippen LogP contribution in [0.3, 0.4) is 0 Å². The Morgan fingerprint density at radius 3 is 2.88 bits per heavy atom. The highest BCUT2D eigenvalue weighted by Gasteiger charge is 2.22. The van der Waals surface area contributed by atoms with Crippen LogP contribution in [-0.4, -0.2) is 39.7 Å². The van der Waals surface area contributed by atoms with Gasteiger partial charge in [0.05, 0.1) is 10.6 Å². The monoisotopic (exact) mass is 452 g/mol. The molecule has 0 saturated carbocycles. The summed E-state index contributed by atoms with van der Waals surface area (Å²) in [5.41, 5.74) is 1.53. The third-order valence-corrected chi connectivity index (χ3v) is 5.60. The highest BCUT2D eigenvalue weighted by Crippen LogP contribution is 2.31. The van der Waals surface area contributed by atoms with Crippen molar-refractivity contribution in [2.75, 3.05) is 35.2 Å². The number of benzene rings is 1. The number of aliphatic hydroxyl groups excluding tert-OH is 1. The third-order valence-electron chi connectivity index (χ3n) is 5.60. The van der Waals surface area contributed by atoms with Gasteiger partial charge in [-0.25, -0.2) is 9.37 Å². The Hall–Kier alpha value is -3.79. The molecule has 0 bridgehead atoms. The molecule has 0 radical (unpaired) electrons. The van der Waals surface area contributed by atoms with Crippen LogP contribution in [0.1, 0.15) is 18.4 Å². The first-order valence-electron chi connectivity index (χ1n) is 10.7. The molecule has 9 nitrogen and oxygen atoms in total. The number of nitrogens with zero attached hydrogens (tertiary/aromatic N) is 4. The summed E-state index contributed by atoms with van der Waals surface area (Å²) in [4.78, 5) is 21.2. The van der Waals surface area contributed by atoms with Crippen LogP contribution in [-0.2, 0) is 6.54 Å². The van der Waals surface area contributed by atoms with Crippen LogP contribution in [0.15, 0.2) is 54.9 Å². The summed E-state index contributed by atoms with van der Waals surface area (Å²) in [6.45, 7) is 1.85. The number of rotatable bonds is 8. The van der Waals surface area contributed by atoms with Crippen molar-refractivity contribution in [1.82, 2.24) is 9.97 Å². The molecule has 1 saturated heterocycles. The second-order valence-electron chi connectivity index (χ2n) is 7.96. The lowest BCUT2D eigenvalue weighted by molar-refractivity contribution is -0.384. The Balaban J connectivity index is 1.52. The first kappa shape index (κ1) is 22.4. The predicted molar refractivity (Wildman–Crippen MR) is 124 cm³/mol. The smallest absolute Gasteiger partial charge is 0.311 e. The van der Waals surface area contributed by atoms with Crippen molar-refractivity contribution in [3.05, 3.63) is 76.4 Å². The number of anilines is 4. The Kier molecular flexibility index (Phi) is 6.94. The lowest BCUT2D eigenvalue weighted by Gasteiger charge is -2.33. The lowest BCUT2D eigenvalue weighted by atomic mass is 9.98. The maximum absolute atomic E-state index is 14.9. The average Bonchev–Trinajstić information content (AvgIpc) is 2.83. The molecule has 4 rings (SSSR count). The van der Waals surface area contributed by atoms with Gasteiger partial charge in [0.25, 0.3) is 0 Å². The van der Waals surface area contributed by atoms with Crippen molar-refractivity contribution in [2.45, 2.75) is 19.4 Å². The molecule has 33 heavy (non-hydrogen) atoms. The molecule has 1 unspecified atom stereocenters. The normalized spacial score (nSPS) is 15.8.